The van der Waals surface area contributed by atoms with Crippen molar-refractivity contribution in [3.63, 3.8) is 0 Å². The van der Waals surface area contributed by atoms with E-state index >= 15 is 0 Å². The van der Waals surface area contributed by atoms with E-state index in [0.29, 0.717) is 16.5 Å². The maximum absolute atomic E-state index is 13.9. The number of carbonyl (C=O) groups excluding carboxylic acids is 1. The van der Waals surface area contributed by atoms with Crippen LogP contribution >= 0.6 is 30.7 Å². The topological polar surface area (TPSA) is 48.9 Å². The van der Waals surface area contributed by atoms with Crippen LogP contribution in [0.15, 0.2) is 36.5 Å². The van der Waals surface area contributed by atoms with Crippen LogP contribution in [0.2, 0.25) is 0 Å². The molecule has 37 heavy (non-hydrogen) atoms. The summed E-state index contributed by atoms with van der Waals surface area (Å²) in [5.41, 5.74) is 2.31. The lowest BCUT2D eigenvalue weighted by Gasteiger charge is -2.43. The van der Waals surface area contributed by atoms with E-state index in [2.05, 4.69) is 41.3 Å². The first kappa shape index (κ1) is 26.5. The molecule has 3 aliphatic rings. The van der Waals surface area contributed by atoms with Crippen LogP contribution in [0.5, 0.6) is 5.75 Å². The van der Waals surface area contributed by atoms with Gasteiger partial charge in [-0.2, -0.15) is 0 Å². The molecule has 0 bridgehead atoms. The molecule has 1 amide bonds. The molecule has 6 nitrogen and oxygen atoms in total. The first-order valence-corrected chi connectivity index (χ1v) is 14.4. The number of likely N-dealkylation sites (tertiary alicyclic amines) is 1. The lowest BCUT2D eigenvalue weighted by atomic mass is 9.75. The molecule has 2 aliphatic heterocycles. The minimum atomic E-state index is -0.651. The third-order valence-corrected chi connectivity index (χ3v) is 8.72. The number of pyridine rings is 1. The van der Waals surface area contributed by atoms with Gasteiger partial charge in [-0.25, -0.2) is 4.98 Å². The van der Waals surface area contributed by atoms with Crippen LogP contribution in [0.25, 0.3) is 0 Å². The first-order valence-electron chi connectivity index (χ1n) is 12.8. The number of carbonyl (C=O) groups is 1. The van der Waals surface area contributed by atoms with Crippen molar-refractivity contribution >= 4 is 53.1 Å². The van der Waals surface area contributed by atoms with Gasteiger partial charge >= 0.3 is 0 Å². The van der Waals surface area contributed by atoms with E-state index in [-0.39, 0.29) is 16.9 Å². The summed E-state index contributed by atoms with van der Waals surface area (Å²) in [5, 5.41) is 0.473. The third kappa shape index (κ3) is 4.90. The summed E-state index contributed by atoms with van der Waals surface area (Å²) in [4.78, 5) is 24.0. The van der Waals surface area contributed by atoms with Crippen molar-refractivity contribution in [3.8, 4) is 18.1 Å². The van der Waals surface area contributed by atoms with Gasteiger partial charge in [0.15, 0.2) is 5.11 Å². The summed E-state index contributed by atoms with van der Waals surface area (Å²) in [6, 6.07) is 9.98. The molecule has 0 N–H and O–H groups in total. The minimum absolute atomic E-state index is 0.00192. The van der Waals surface area contributed by atoms with Gasteiger partial charge in [0.1, 0.15) is 17.0 Å². The number of amides is 1. The van der Waals surface area contributed by atoms with Crippen molar-refractivity contribution in [2.75, 3.05) is 29.9 Å². The van der Waals surface area contributed by atoms with Crippen molar-refractivity contribution in [1.29, 1.82) is 0 Å². The summed E-state index contributed by atoms with van der Waals surface area (Å²) < 4.78 is 6.32. The Morgan fingerprint density at radius 2 is 1.89 bits per heavy atom. The lowest BCUT2D eigenvalue weighted by Crippen LogP contribution is -2.55. The van der Waals surface area contributed by atoms with Gasteiger partial charge in [0.05, 0.1) is 18.0 Å². The summed E-state index contributed by atoms with van der Waals surface area (Å²) >= 11 is 5.96. The number of anilines is 2. The molecule has 1 saturated carbocycles. The molecule has 3 fully saturated rings. The van der Waals surface area contributed by atoms with Gasteiger partial charge < -0.3 is 14.5 Å². The lowest BCUT2D eigenvalue weighted by molar-refractivity contribution is -0.123. The zero-order valence-electron chi connectivity index (χ0n) is 21.4. The Morgan fingerprint density at radius 3 is 2.51 bits per heavy atom. The predicted molar refractivity (Wildman–Crippen MR) is 160 cm³/mol. The molecule has 1 aromatic carbocycles. The van der Waals surface area contributed by atoms with Gasteiger partial charge in [-0.15, -0.1) is 24.9 Å². The van der Waals surface area contributed by atoms with Crippen molar-refractivity contribution < 1.29 is 9.53 Å². The van der Waals surface area contributed by atoms with Crippen molar-refractivity contribution in [3.05, 3.63) is 47.8 Å². The van der Waals surface area contributed by atoms with Gasteiger partial charge in [0.25, 0.3) is 5.91 Å². The van der Waals surface area contributed by atoms with Crippen LogP contribution in [0.1, 0.15) is 56.7 Å². The van der Waals surface area contributed by atoms with E-state index in [1.54, 1.807) is 11.1 Å². The number of terminal acetylenes is 1. The van der Waals surface area contributed by atoms with Crippen molar-refractivity contribution in [1.82, 2.24) is 9.88 Å². The minimum Gasteiger partial charge on any atom is -0.490 e. The van der Waals surface area contributed by atoms with Gasteiger partial charge in [0.2, 0.25) is 0 Å². The highest BCUT2D eigenvalue weighted by Crippen LogP contribution is 2.49. The summed E-state index contributed by atoms with van der Waals surface area (Å²) in [5.74, 6) is 3.51. The fourth-order valence-electron chi connectivity index (χ4n) is 5.50. The summed E-state index contributed by atoms with van der Waals surface area (Å²) in [7, 11) is 7.71. The number of ether oxygens (including phenoxy) is 1. The number of nitrogens with zero attached hydrogens (tertiary/aromatic N) is 4. The second-order valence-electron chi connectivity index (χ2n) is 10.6. The normalized spacial score (nSPS) is 22.1. The molecule has 3 atom stereocenters. The average molecular weight is 553 g/mol. The van der Waals surface area contributed by atoms with Crippen LogP contribution in [0.3, 0.4) is 0 Å². The molecule has 5 rings (SSSR count). The molecular formula is C28H34N4O2P2S. The van der Waals surface area contributed by atoms with Crippen LogP contribution in [0.4, 0.5) is 11.4 Å². The molecule has 194 valence electrons. The number of hydrogen-bond acceptors (Lipinski definition) is 5. The van der Waals surface area contributed by atoms with E-state index in [4.69, 9.17) is 23.4 Å². The highest BCUT2D eigenvalue weighted by atomic mass is 32.1. The van der Waals surface area contributed by atoms with Crippen LogP contribution in [-0.2, 0) is 9.69 Å². The molecule has 3 heterocycles. The Labute approximate surface area is 229 Å². The molecule has 9 heteroatoms. The van der Waals surface area contributed by atoms with Gasteiger partial charge in [0, 0.05) is 22.7 Å². The first-order chi connectivity index (χ1) is 17.6. The summed E-state index contributed by atoms with van der Waals surface area (Å²) in [6.07, 6.45) is 13.4. The Bertz CT molecular complexity index is 1250. The van der Waals surface area contributed by atoms with Gasteiger partial charge in [-0.05, 0) is 108 Å². The second kappa shape index (κ2) is 10.2. The molecule has 3 unspecified atom stereocenters. The maximum Gasteiger partial charge on any atom is 0.259 e. The zero-order chi connectivity index (χ0) is 26.4. The van der Waals surface area contributed by atoms with Crippen LogP contribution in [0, 0.1) is 12.3 Å². The highest BCUT2D eigenvalue weighted by Gasteiger charge is 2.59. The third-order valence-electron chi connectivity index (χ3n) is 7.74. The number of hydrogen-bond donors (Lipinski definition) is 0. The molecule has 1 spiro atoms. The molecule has 2 saturated heterocycles. The SMILES string of the molecule is C#Cc1ncc(N2C(=O)C3(CCC3)N(c3ccc(OC4CCCN(C)CC4)cc3)C2=S)cc1C(C)(P)P. The number of rotatable bonds is 5. The molecule has 0 radical (unpaired) electrons. The Balaban J connectivity index is 1.42. The second-order valence-corrected chi connectivity index (χ2v) is 14.1. The zero-order valence-corrected chi connectivity index (χ0v) is 24.6. The van der Waals surface area contributed by atoms with Crippen LogP contribution < -0.4 is 14.5 Å². The molecule has 2 aromatic rings. The van der Waals surface area contributed by atoms with Crippen molar-refractivity contribution in [2.45, 2.75) is 62.0 Å². The Hall–Kier alpha value is -2.09. The highest BCUT2D eigenvalue weighted by molar-refractivity contribution is 7.81. The van der Waals surface area contributed by atoms with E-state index < -0.39 is 5.54 Å². The largest absolute Gasteiger partial charge is 0.490 e. The van der Waals surface area contributed by atoms with Gasteiger partial charge in [-0.3, -0.25) is 9.69 Å². The fourth-order valence-corrected chi connectivity index (χ4v) is 6.41. The Kier molecular flexibility index (Phi) is 7.33. The van der Waals surface area contributed by atoms with E-state index in [0.717, 1.165) is 68.6 Å². The molecular weight excluding hydrogens is 518 g/mol. The number of benzene rings is 1. The van der Waals surface area contributed by atoms with E-state index in [9.17, 15) is 4.79 Å². The monoisotopic (exact) mass is 552 g/mol. The number of thiocarbonyl (C=S) groups is 1. The smallest absolute Gasteiger partial charge is 0.259 e. The van der Waals surface area contributed by atoms with Gasteiger partial charge in [-0.1, -0.05) is 0 Å². The van der Waals surface area contributed by atoms with Crippen LogP contribution in [-0.4, -0.2) is 52.7 Å². The molecule has 1 aliphatic carbocycles. The summed E-state index contributed by atoms with van der Waals surface area (Å²) in [6.45, 7) is 4.19. The maximum atomic E-state index is 13.9. The molecule has 1 aromatic heterocycles. The average Bonchev–Trinajstić information content (AvgIpc) is 2.93. The van der Waals surface area contributed by atoms with E-state index in [1.807, 2.05) is 42.2 Å². The quantitative estimate of drug-likeness (QED) is 0.299. The Morgan fingerprint density at radius 1 is 1.16 bits per heavy atom. The van der Waals surface area contributed by atoms with Crippen molar-refractivity contribution in [2.24, 2.45) is 0 Å². The fraction of sp³-hybridized carbons (Fsp3) is 0.464. The van der Waals surface area contributed by atoms with E-state index in [1.165, 1.54) is 0 Å². The number of aromatic nitrogens is 1. The predicted octanol–water partition coefficient (Wildman–Crippen LogP) is 4.91. The standard InChI is InChI=1S/C28H34N4O2P2S/c1-4-24-23(27(2,35)36)17-20(18-29-24)31-25(33)28(13-6-14-28)32(26(31)37)19-8-10-22(11-9-19)34-21-7-5-15-30(3)16-12-21/h1,8-11,17-18,21H,5-7,12-16,35-36H2,2-3H3.